The fourth-order valence-corrected chi connectivity index (χ4v) is 2.62. The summed E-state index contributed by atoms with van der Waals surface area (Å²) in [7, 11) is 0. The molecule has 0 radical (unpaired) electrons. The number of hydrogen-bond donors (Lipinski definition) is 0. The van der Waals surface area contributed by atoms with Crippen LogP contribution in [0.2, 0.25) is 0 Å². The van der Waals surface area contributed by atoms with Crippen LogP contribution >= 0.6 is 0 Å². The summed E-state index contributed by atoms with van der Waals surface area (Å²) < 4.78 is 5.87. The summed E-state index contributed by atoms with van der Waals surface area (Å²) in [5, 5.41) is 1.19. The third-order valence-electron chi connectivity index (χ3n) is 3.94. The largest absolute Gasteiger partial charge is 0.362 e. The zero-order valence-electron chi connectivity index (χ0n) is 12.7. The van der Waals surface area contributed by atoms with Crippen LogP contribution in [0.4, 0.5) is 0 Å². The van der Waals surface area contributed by atoms with Crippen molar-refractivity contribution in [1.29, 1.82) is 0 Å². The second-order valence-corrected chi connectivity index (χ2v) is 5.15. The van der Waals surface area contributed by atoms with Gasteiger partial charge in [-0.2, -0.15) is 5.06 Å². The van der Waals surface area contributed by atoms with Crippen molar-refractivity contribution in [2.45, 2.75) is 45.3 Å². The first kappa shape index (κ1) is 15.5. The van der Waals surface area contributed by atoms with Gasteiger partial charge in [-0.1, -0.05) is 44.2 Å². The molecule has 1 amide bonds. The number of carbonyl (C=O) groups excluding carboxylic acids is 2. The van der Waals surface area contributed by atoms with E-state index in [9.17, 15) is 9.59 Å². The van der Waals surface area contributed by atoms with E-state index in [-0.39, 0.29) is 5.91 Å². The maximum atomic E-state index is 12.8. The van der Waals surface area contributed by atoms with Gasteiger partial charge in [0.15, 0.2) is 0 Å². The molecule has 1 fully saturated rings. The normalized spacial score (nSPS) is 21.2. The molecule has 0 aromatic heterocycles. The van der Waals surface area contributed by atoms with Crippen LogP contribution in [0.5, 0.6) is 0 Å². The van der Waals surface area contributed by atoms with Crippen molar-refractivity contribution in [2.75, 3.05) is 6.61 Å². The highest BCUT2D eigenvalue weighted by atomic mass is 16.7. The van der Waals surface area contributed by atoms with Gasteiger partial charge in [0, 0.05) is 6.92 Å². The van der Waals surface area contributed by atoms with Crippen molar-refractivity contribution in [1.82, 2.24) is 5.06 Å². The molecule has 1 heterocycles. The van der Waals surface area contributed by atoms with Gasteiger partial charge in [-0.05, 0) is 18.4 Å². The summed E-state index contributed by atoms with van der Waals surface area (Å²) >= 11 is 0. The van der Waals surface area contributed by atoms with E-state index in [1.54, 1.807) is 0 Å². The number of ether oxygens (including phenoxy) is 1. The maximum Gasteiger partial charge on any atom is 0.329 e. The second kappa shape index (κ2) is 6.26. The molecule has 5 nitrogen and oxygen atoms in total. The molecule has 1 aliphatic rings. The minimum absolute atomic E-state index is 0.289. The SMILES string of the molecule is CCC1(CC)OC[C@@H](c2ccccc2)N(OC(C)=O)C1=O. The molecule has 2 rings (SSSR count). The molecule has 0 bridgehead atoms. The molecule has 0 unspecified atom stereocenters. The number of rotatable bonds is 4. The van der Waals surface area contributed by atoms with E-state index in [4.69, 9.17) is 9.57 Å². The minimum Gasteiger partial charge on any atom is -0.362 e. The lowest BCUT2D eigenvalue weighted by Gasteiger charge is -2.43. The molecule has 5 heteroatoms. The van der Waals surface area contributed by atoms with Gasteiger partial charge in [0.2, 0.25) is 0 Å². The third-order valence-corrected chi connectivity index (χ3v) is 3.94. The molecular formula is C16H21NO4. The average Bonchev–Trinajstić information content (AvgIpc) is 2.50. The second-order valence-electron chi connectivity index (χ2n) is 5.15. The van der Waals surface area contributed by atoms with E-state index in [1.807, 2.05) is 44.2 Å². The molecule has 1 aromatic carbocycles. The minimum atomic E-state index is -0.902. The van der Waals surface area contributed by atoms with Gasteiger partial charge in [-0.3, -0.25) is 9.59 Å². The van der Waals surface area contributed by atoms with Crippen LogP contribution in [0, 0.1) is 0 Å². The Morgan fingerprint density at radius 2 is 1.95 bits per heavy atom. The Hall–Kier alpha value is -1.88. The van der Waals surface area contributed by atoms with Crippen LogP contribution in [-0.2, 0) is 19.2 Å². The highest BCUT2D eigenvalue weighted by molar-refractivity contribution is 5.86. The van der Waals surface area contributed by atoms with Crippen LogP contribution in [0.25, 0.3) is 0 Å². The van der Waals surface area contributed by atoms with Crippen LogP contribution < -0.4 is 0 Å². The lowest BCUT2D eigenvalue weighted by Crippen LogP contribution is -2.57. The van der Waals surface area contributed by atoms with E-state index in [2.05, 4.69) is 0 Å². The number of hydrogen-bond acceptors (Lipinski definition) is 4. The Kier molecular flexibility index (Phi) is 4.63. The lowest BCUT2D eigenvalue weighted by atomic mass is 9.92. The molecular weight excluding hydrogens is 270 g/mol. The predicted molar refractivity (Wildman–Crippen MR) is 77.1 cm³/mol. The lowest BCUT2D eigenvalue weighted by molar-refractivity contribution is -0.247. The van der Waals surface area contributed by atoms with E-state index >= 15 is 0 Å². The van der Waals surface area contributed by atoms with Gasteiger partial charge in [0.05, 0.1) is 6.61 Å². The van der Waals surface area contributed by atoms with Crippen molar-refractivity contribution in [3.63, 3.8) is 0 Å². The quantitative estimate of drug-likeness (QED) is 0.855. The molecule has 0 saturated carbocycles. The molecule has 1 aliphatic heterocycles. The summed E-state index contributed by atoms with van der Waals surface area (Å²) in [4.78, 5) is 29.3. The van der Waals surface area contributed by atoms with Crippen LogP contribution in [0.15, 0.2) is 30.3 Å². The molecule has 0 spiro atoms. The molecule has 0 aliphatic carbocycles. The van der Waals surface area contributed by atoms with Crippen molar-refractivity contribution in [3.8, 4) is 0 Å². The van der Waals surface area contributed by atoms with Crippen LogP contribution in [0.3, 0.4) is 0 Å². The Morgan fingerprint density at radius 3 is 2.48 bits per heavy atom. The number of morpholine rings is 1. The van der Waals surface area contributed by atoms with Crippen molar-refractivity contribution < 1.29 is 19.2 Å². The Bertz CT molecular complexity index is 510. The Labute approximate surface area is 124 Å². The van der Waals surface area contributed by atoms with Gasteiger partial charge in [-0.15, -0.1) is 0 Å². The topological polar surface area (TPSA) is 55.8 Å². The summed E-state index contributed by atoms with van der Waals surface area (Å²) in [6, 6.07) is 9.04. The smallest absolute Gasteiger partial charge is 0.329 e. The molecule has 1 atom stereocenters. The van der Waals surface area contributed by atoms with Crippen molar-refractivity contribution >= 4 is 11.9 Å². The zero-order valence-corrected chi connectivity index (χ0v) is 12.7. The van der Waals surface area contributed by atoms with E-state index < -0.39 is 17.6 Å². The van der Waals surface area contributed by atoms with Crippen molar-refractivity contribution in [2.24, 2.45) is 0 Å². The summed E-state index contributed by atoms with van der Waals surface area (Å²) in [6.07, 6.45) is 1.09. The maximum absolute atomic E-state index is 12.8. The van der Waals surface area contributed by atoms with E-state index in [0.29, 0.717) is 19.4 Å². The first-order valence-corrected chi connectivity index (χ1v) is 7.25. The number of nitrogens with zero attached hydrogens (tertiary/aromatic N) is 1. The van der Waals surface area contributed by atoms with Gasteiger partial charge >= 0.3 is 5.97 Å². The van der Waals surface area contributed by atoms with Crippen LogP contribution in [-0.4, -0.2) is 29.1 Å². The first-order chi connectivity index (χ1) is 10.0. The van der Waals surface area contributed by atoms with Crippen LogP contribution in [0.1, 0.15) is 45.2 Å². The Morgan fingerprint density at radius 1 is 1.33 bits per heavy atom. The molecule has 1 saturated heterocycles. The van der Waals surface area contributed by atoms with Gasteiger partial charge in [-0.25, -0.2) is 0 Å². The van der Waals surface area contributed by atoms with Gasteiger partial charge < -0.3 is 9.57 Å². The van der Waals surface area contributed by atoms with E-state index in [1.165, 1.54) is 12.0 Å². The number of hydroxylamine groups is 2. The average molecular weight is 291 g/mol. The molecule has 1 aromatic rings. The monoisotopic (exact) mass is 291 g/mol. The number of amides is 1. The molecule has 0 N–H and O–H groups in total. The van der Waals surface area contributed by atoms with E-state index in [0.717, 1.165) is 5.56 Å². The standard InChI is InChI=1S/C16H21NO4/c1-4-16(5-2)15(19)17(21-12(3)18)14(11-20-16)13-9-7-6-8-10-13/h6-10,14H,4-5,11H2,1-3H3/t14-/m0/s1. The first-order valence-electron chi connectivity index (χ1n) is 7.25. The summed E-state index contributed by atoms with van der Waals surface area (Å²) in [5.41, 5.74) is -0.0197. The fourth-order valence-electron chi connectivity index (χ4n) is 2.62. The van der Waals surface area contributed by atoms with Gasteiger partial charge in [0.25, 0.3) is 5.91 Å². The van der Waals surface area contributed by atoms with Crippen molar-refractivity contribution in [3.05, 3.63) is 35.9 Å². The predicted octanol–water partition coefficient (Wildman–Crippen LogP) is 2.62. The third kappa shape index (κ3) is 2.93. The van der Waals surface area contributed by atoms with Gasteiger partial charge in [0.1, 0.15) is 11.6 Å². The highest BCUT2D eigenvalue weighted by Gasteiger charge is 2.48. The zero-order chi connectivity index (χ0) is 15.5. The molecule has 114 valence electrons. The Balaban J connectivity index is 2.35. The summed E-state index contributed by atoms with van der Waals surface area (Å²) in [6.45, 7) is 5.40. The number of benzene rings is 1. The fraction of sp³-hybridized carbons (Fsp3) is 0.500. The molecule has 21 heavy (non-hydrogen) atoms. The number of carbonyl (C=O) groups is 2. The highest BCUT2D eigenvalue weighted by Crippen LogP contribution is 2.35. The summed E-state index contributed by atoms with van der Waals surface area (Å²) in [5.74, 6) is -0.796.